The van der Waals surface area contributed by atoms with Gasteiger partial charge in [0.25, 0.3) is 0 Å². The van der Waals surface area contributed by atoms with Crippen LogP contribution in [0.5, 0.6) is 11.5 Å². The Bertz CT molecular complexity index is 435. The topological polar surface area (TPSA) is 53.7 Å². The number of methoxy groups -OCH3 is 2. The van der Waals surface area contributed by atoms with Crippen LogP contribution in [0.15, 0.2) is 18.2 Å². The van der Waals surface area contributed by atoms with Gasteiger partial charge in [0, 0.05) is 13.7 Å². The third-order valence-corrected chi connectivity index (χ3v) is 2.51. The van der Waals surface area contributed by atoms with Gasteiger partial charge in [-0.3, -0.25) is 0 Å². The van der Waals surface area contributed by atoms with Gasteiger partial charge in [-0.2, -0.15) is 0 Å². The van der Waals surface area contributed by atoms with E-state index in [1.54, 1.807) is 14.2 Å². The fourth-order valence-electron chi connectivity index (χ4n) is 1.54. The van der Waals surface area contributed by atoms with Crippen LogP contribution in [0.4, 0.5) is 0 Å². The molecule has 0 radical (unpaired) electrons. The van der Waals surface area contributed by atoms with Gasteiger partial charge in [0.2, 0.25) is 0 Å². The van der Waals surface area contributed by atoms with E-state index >= 15 is 0 Å². The van der Waals surface area contributed by atoms with Crippen molar-refractivity contribution < 1.29 is 14.2 Å². The molecule has 19 heavy (non-hydrogen) atoms. The lowest BCUT2D eigenvalue weighted by atomic mass is 10.2. The molecule has 104 valence electrons. The molecule has 1 aromatic carbocycles. The van der Waals surface area contributed by atoms with E-state index in [9.17, 15) is 0 Å². The van der Waals surface area contributed by atoms with Crippen LogP contribution in [-0.4, -0.2) is 34.0 Å². The molecule has 0 aliphatic carbocycles. The van der Waals surface area contributed by atoms with E-state index in [1.165, 1.54) is 0 Å². The molecule has 0 aromatic heterocycles. The lowest BCUT2D eigenvalue weighted by Crippen LogP contribution is -2.01. The van der Waals surface area contributed by atoms with Crippen LogP contribution in [0.1, 0.15) is 18.4 Å². The molecule has 0 unspecified atom stereocenters. The minimum absolute atomic E-state index is 0.324. The Morgan fingerprint density at radius 1 is 1.16 bits per heavy atom. The molecule has 0 heterocycles. The monoisotopic (exact) mass is 263 g/mol. The molecule has 0 spiro atoms. The summed E-state index contributed by atoms with van der Waals surface area (Å²) in [7, 11) is 3.32. The van der Waals surface area contributed by atoms with Gasteiger partial charge in [-0.15, -0.1) is 0 Å². The highest BCUT2D eigenvalue weighted by Gasteiger charge is 2.03. The van der Waals surface area contributed by atoms with Gasteiger partial charge in [0.05, 0.1) is 25.8 Å². The average Bonchev–Trinajstić information content (AvgIpc) is 2.45. The highest BCUT2D eigenvalue weighted by molar-refractivity contribution is 5.50. The molecular weight excluding hydrogens is 242 g/mol. The summed E-state index contributed by atoms with van der Waals surface area (Å²) in [6, 6.07) is 5.58. The molecule has 0 amide bonds. The second-order valence-electron chi connectivity index (χ2n) is 3.92. The smallest absolute Gasteiger partial charge is 0.135 e. The van der Waals surface area contributed by atoms with Gasteiger partial charge >= 0.3 is 0 Å². The second kappa shape index (κ2) is 9.26. The minimum atomic E-state index is 0.324. The lowest BCUT2D eigenvalue weighted by Gasteiger charge is -2.09. The molecule has 1 rings (SSSR count). The molecule has 0 fully saturated rings. The van der Waals surface area contributed by atoms with Crippen molar-refractivity contribution in [3.8, 4) is 23.3 Å². The van der Waals surface area contributed by atoms with Crippen molar-refractivity contribution in [1.29, 1.82) is 0 Å². The van der Waals surface area contributed by atoms with Crippen LogP contribution in [0.2, 0.25) is 0 Å². The predicted molar refractivity (Wildman–Crippen MR) is 75.5 cm³/mol. The summed E-state index contributed by atoms with van der Waals surface area (Å²) >= 11 is 0. The van der Waals surface area contributed by atoms with Crippen molar-refractivity contribution in [2.24, 2.45) is 5.73 Å². The van der Waals surface area contributed by atoms with E-state index in [0.717, 1.165) is 36.5 Å². The summed E-state index contributed by atoms with van der Waals surface area (Å²) in [5.41, 5.74) is 6.19. The standard InChI is InChI=1S/C15H21NO3/c1-17-10-3-4-11-19-15-8-7-14(18-2)12-13(15)6-5-9-16/h7-8,12H,3-4,9-11,16H2,1-2H3. The molecule has 2 N–H and O–H groups in total. The second-order valence-corrected chi connectivity index (χ2v) is 3.92. The maximum Gasteiger partial charge on any atom is 0.135 e. The van der Waals surface area contributed by atoms with Crippen LogP contribution in [0.25, 0.3) is 0 Å². The Hall–Kier alpha value is -1.70. The average molecular weight is 263 g/mol. The highest BCUT2D eigenvalue weighted by Crippen LogP contribution is 2.23. The first-order chi connectivity index (χ1) is 9.31. The maximum atomic E-state index is 5.73. The molecule has 0 aliphatic heterocycles. The summed E-state index contributed by atoms with van der Waals surface area (Å²) in [5, 5.41) is 0. The Morgan fingerprint density at radius 3 is 2.63 bits per heavy atom. The molecule has 0 aliphatic rings. The van der Waals surface area contributed by atoms with E-state index in [1.807, 2.05) is 18.2 Å². The Kier molecular flexibility index (Phi) is 7.48. The van der Waals surface area contributed by atoms with Gasteiger partial charge < -0.3 is 19.9 Å². The Morgan fingerprint density at radius 2 is 1.95 bits per heavy atom. The zero-order valence-electron chi connectivity index (χ0n) is 11.6. The van der Waals surface area contributed by atoms with Crippen LogP contribution in [0.3, 0.4) is 0 Å². The number of nitrogens with two attached hydrogens (primary N) is 1. The zero-order valence-corrected chi connectivity index (χ0v) is 11.6. The molecular formula is C15H21NO3. The van der Waals surface area contributed by atoms with Crippen LogP contribution >= 0.6 is 0 Å². The summed E-state index contributed by atoms with van der Waals surface area (Å²) in [5.74, 6) is 7.34. The zero-order chi connectivity index (χ0) is 13.9. The number of ether oxygens (including phenoxy) is 3. The lowest BCUT2D eigenvalue weighted by molar-refractivity contribution is 0.184. The van der Waals surface area contributed by atoms with Gasteiger partial charge in [-0.25, -0.2) is 0 Å². The van der Waals surface area contributed by atoms with Crippen molar-refractivity contribution in [3.05, 3.63) is 23.8 Å². The Labute approximate surface area is 114 Å². The molecule has 4 heteroatoms. The van der Waals surface area contributed by atoms with Crippen molar-refractivity contribution in [1.82, 2.24) is 0 Å². The van der Waals surface area contributed by atoms with E-state index in [-0.39, 0.29) is 0 Å². The first-order valence-corrected chi connectivity index (χ1v) is 6.30. The largest absolute Gasteiger partial charge is 0.497 e. The van der Waals surface area contributed by atoms with Gasteiger partial charge in [-0.1, -0.05) is 11.8 Å². The van der Waals surface area contributed by atoms with E-state index in [0.29, 0.717) is 13.2 Å². The molecule has 4 nitrogen and oxygen atoms in total. The summed E-state index contributed by atoms with van der Waals surface area (Å²) < 4.78 is 15.9. The van der Waals surface area contributed by atoms with Crippen molar-refractivity contribution >= 4 is 0 Å². The quantitative estimate of drug-likeness (QED) is 0.602. The first-order valence-electron chi connectivity index (χ1n) is 6.30. The number of rotatable bonds is 7. The van der Waals surface area contributed by atoms with Crippen molar-refractivity contribution in [3.63, 3.8) is 0 Å². The van der Waals surface area contributed by atoms with Crippen molar-refractivity contribution in [2.45, 2.75) is 12.8 Å². The Balaban J connectivity index is 2.64. The SMILES string of the molecule is COCCCCOc1ccc(OC)cc1C#CCN. The fraction of sp³-hybridized carbons (Fsp3) is 0.467. The molecule has 0 saturated heterocycles. The van der Waals surface area contributed by atoms with E-state index < -0.39 is 0 Å². The highest BCUT2D eigenvalue weighted by atomic mass is 16.5. The van der Waals surface area contributed by atoms with Gasteiger partial charge in [0.15, 0.2) is 0 Å². The van der Waals surface area contributed by atoms with Gasteiger partial charge in [-0.05, 0) is 31.0 Å². The van der Waals surface area contributed by atoms with E-state index in [2.05, 4.69) is 11.8 Å². The van der Waals surface area contributed by atoms with Crippen LogP contribution in [0, 0.1) is 11.8 Å². The summed E-state index contributed by atoms with van der Waals surface area (Å²) in [6.45, 7) is 1.73. The molecule has 0 bridgehead atoms. The van der Waals surface area contributed by atoms with Gasteiger partial charge in [0.1, 0.15) is 11.5 Å². The molecule has 1 aromatic rings. The molecule has 0 saturated carbocycles. The van der Waals surface area contributed by atoms with Crippen molar-refractivity contribution in [2.75, 3.05) is 34.0 Å². The fourth-order valence-corrected chi connectivity index (χ4v) is 1.54. The third kappa shape index (κ3) is 5.64. The maximum absolute atomic E-state index is 5.73. The number of unbranched alkanes of at least 4 members (excludes halogenated alkanes) is 1. The third-order valence-electron chi connectivity index (χ3n) is 2.51. The number of hydrogen-bond acceptors (Lipinski definition) is 4. The summed E-state index contributed by atoms with van der Waals surface area (Å²) in [4.78, 5) is 0. The first kappa shape index (κ1) is 15.4. The van der Waals surface area contributed by atoms with Crippen LogP contribution < -0.4 is 15.2 Å². The minimum Gasteiger partial charge on any atom is -0.497 e. The predicted octanol–water partition coefficient (Wildman–Crippen LogP) is 1.81. The normalized spacial score (nSPS) is 9.63. The number of hydrogen-bond donors (Lipinski definition) is 1. The summed E-state index contributed by atoms with van der Waals surface area (Å²) in [6.07, 6.45) is 1.93. The molecule has 0 atom stereocenters. The number of benzene rings is 1. The van der Waals surface area contributed by atoms with E-state index in [4.69, 9.17) is 19.9 Å². The van der Waals surface area contributed by atoms with Crippen LogP contribution in [-0.2, 0) is 4.74 Å².